The van der Waals surface area contributed by atoms with Crippen molar-refractivity contribution in [3.63, 3.8) is 0 Å². The molecule has 0 fully saturated rings. The molecule has 36 heavy (non-hydrogen) atoms. The molecule has 0 aliphatic carbocycles. The maximum absolute atomic E-state index is 5.22. The van der Waals surface area contributed by atoms with E-state index in [0.717, 1.165) is 44.8 Å². The second kappa shape index (κ2) is 9.74. The van der Waals surface area contributed by atoms with Gasteiger partial charge < -0.3 is 9.97 Å². The van der Waals surface area contributed by atoms with Crippen LogP contribution in [0.1, 0.15) is 39.6 Å². The molecular formula is C31H19N5. The number of aromatic nitrogens is 5. The second-order valence-electron chi connectivity index (χ2n) is 7.92. The molecule has 2 aliphatic heterocycles. The molecule has 5 heteroatoms. The van der Waals surface area contributed by atoms with Crippen LogP contribution in [-0.4, -0.2) is 24.9 Å². The molecule has 0 saturated carbocycles. The molecule has 168 valence electrons. The Morgan fingerprint density at radius 3 is 1.53 bits per heavy atom. The topological polar surface area (TPSA) is 70.2 Å². The summed E-state index contributed by atoms with van der Waals surface area (Å²) < 4.78 is 0. The highest BCUT2D eigenvalue weighted by Gasteiger charge is 2.03. The number of hydrogen-bond donors (Lipinski definition) is 2. The van der Waals surface area contributed by atoms with Gasteiger partial charge in [0, 0.05) is 33.8 Å². The number of aromatic amines is 2. The number of pyridine rings is 1. The van der Waals surface area contributed by atoms with Crippen LogP contribution in [0, 0.1) is 37.0 Å². The fourth-order valence-electron chi connectivity index (χ4n) is 3.78. The standard InChI is InChI=1S/C20H14N4.C11H5N/c1-2-14-10-16-5-6-18(23-16)12-20-8-7-19(24-20)11-17-4-3-15(22-17)9-13(1)21-14;1-4-9-7-8-12-11(6-3)10(9)5-2/h1-12,21-22H;1-3,7-8H. The molecule has 2 aliphatic rings. The van der Waals surface area contributed by atoms with Gasteiger partial charge in [-0.15, -0.1) is 19.3 Å². The van der Waals surface area contributed by atoms with Gasteiger partial charge in [-0.3, -0.25) is 0 Å². The van der Waals surface area contributed by atoms with Crippen LogP contribution < -0.4 is 0 Å². The highest BCUT2D eigenvalue weighted by atomic mass is 14.8. The minimum atomic E-state index is 0.424. The Morgan fingerprint density at radius 2 is 1.06 bits per heavy atom. The van der Waals surface area contributed by atoms with Crippen LogP contribution in [0.3, 0.4) is 0 Å². The first-order valence-corrected chi connectivity index (χ1v) is 11.1. The Balaban J connectivity index is 0.000000189. The summed E-state index contributed by atoms with van der Waals surface area (Å²) in [5.41, 5.74) is 9.41. The van der Waals surface area contributed by atoms with E-state index in [1.165, 1.54) is 0 Å². The number of terminal acetylenes is 3. The number of fused-ring (bicyclic) bond motifs is 8. The predicted octanol–water partition coefficient (Wildman–Crippen LogP) is 5.68. The van der Waals surface area contributed by atoms with Crippen LogP contribution in [-0.2, 0) is 0 Å². The molecule has 6 rings (SSSR count). The van der Waals surface area contributed by atoms with Gasteiger partial charge in [-0.25, -0.2) is 15.0 Å². The van der Waals surface area contributed by atoms with Gasteiger partial charge in [0.15, 0.2) is 0 Å². The molecule has 4 aromatic heterocycles. The smallest absolute Gasteiger partial charge is 0.129 e. The Labute approximate surface area is 208 Å². The number of rotatable bonds is 0. The highest BCUT2D eigenvalue weighted by Crippen LogP contribution is 2.17. The Hall–Kier alpha value is -5.57. The van der Waals surface area contributed by atoms with E-state index in [-0.39, 0.29) is 0 Å². The van der Waals surface area contributed by atoms with Crippen molar-refractivity contribution in [2.75, 3.05) is 0 Å². The monoisotopic (exact) mass is 461 g/mol. The summed E-state index contributed by atoms with van der Waals surface area (Å²) in [5, 5.41) is 0. The fraction of sp³-hybridized carbons (Fsp3) is 0. The molecule has 0 unspecified atom stereocenters. The summed E-state index contributed by atoms with van der Waals surface area (Å²) in [5.74, 6) is 7.23. The van der Waals surface area contributed by atoms with E-state index in [1.54, 1.807) is 12.3 Å². The van der Waals surface area contributed by atoms with E-state index in [4.69, 9.17) is 19.3 Å². The quantitative estimate of drug-likeness (QED) is 0.286. The first kappa shape index (κ1) is 22.2. The van der Waals surface area contributed by atoms with E-state index in [9.17, 15) is 0 Å². The number of nitrogens with zero attached hydrogens (tertiary/aromatic N) is 3. The summed E-state index contributed by atoms with van der Waals surface area (Å²) >= 11 is 0. The lowest BCUT2D eigenvalue weighted by atomic mass is 10.1. The Bertz CT molecular complexity index is 1700. The molecule has 0 spiro atoms. The van der Waals surface area contributed by atoms with Gasteiger partial charge in [-0.1, -0.05) is 11.8 Å². The van der Waals surface area contributed by atoms with Gasteiger partial charge in [-0.2, -0.15) is 0 Å². The Kier molecular flexibility index (Phi) is 6.01. The van der Waals surface area contributed by atoms with Gasteiger partial charge in [-0.05, 0) is 84.8 Å². The van der Waals surface area contributed by atoms with E-state index in [1.807, 2.05) is 42.5 Å². The SMILES string of the molecule is C#Cc1ccnc(C#C)c1C#C.C1=Cc2cc3ccc(cc4ccc(cc5nc(cc1n2)C=C5)[nH]4)[nH]3. The lowest BCUT2D eigenvalue weighted by molar-refractivity contribution is 1.26. The lowest BCUT2D eigenvalue weighted by Gasteiger charge is -1.97. The minimum absolute atomic E-state index is 0.424. The summed E-state index contributed by atoms with van der Waals surface area (Å²) in [6.45, 7) is 0. The zero-order chi connectivity index (χ0) is 24.9. The first-order valence-electron chi connectivity index (χ1n) is 11.1. The van der Waals surface area contributed by atoms with Crippen LogP contribution in [0.2, 0.25) is 0 Å². The molecule has 0 aromatic carbocycles. The van der Waals surface area contributed by atoms with Crippen LogP contribution in [0.25, 0.3) is 46.4 Å². The molecule has 2 N–H and O–H groups in total. The van der Waals surface area contributed by atoms with Crippen molar-refractivity contribution < 1.29 is 0 Å². The van der Waals surface area contributed by atoms with Crippen molar-refractivity contribution in [2.45, 2.75) is 0 Å². The average Bonchev–Trinajstić information content (AvgIpc) is 3.70. The van der Waals surface area contributed by atoms with E-state index >= 15 is 0 Å². The third-order valence-corrected chi connectivity index (χ3v) is 5.43. The normalized spacial score (nSPS) is 11.0. The zero-order valence-corrected chi connectivity index (χ0v) is 19.2. The molecule has 8 bridgehead atoms. The van der Waals surface area contributed by atoms with Crippen LogP contribution in [0.15, 0.2) is 60.8 Å². The highest BCUT2D eigenvalue weighted by molar-refractivity contribution is 5.77. The average molecular weight is 462 g/mol. The van der Waals surface area contributed by atoms with E-state index < -0.39 is 0 Å². The first-order chi connectivity index (χ1) is 17.6. The van der Waals surface area contributed by atoms with Crippen molar-refractivity contribution in [1.82, 2.24) is 24.9 Å². The van der Waals surface area contributed by atoms with E-state index in [2.05, 4.69) is 73.0 Å². The summed E-state index contributed by atoms with van der Waals surface area (Å²) in [4.78, 5) is 19.9. The maximum Gasteiger partial charge on any atom is 0.129 e. The molecule has 6 heterocycles. The van der Waals surface area contributed by atoms with Crippen molar-refractivity contribution in [3.05, 3.63) is 100 Å². The maximum atomic E-state index is 5.22. The molecule has 4 aromatic rings. The van der Waals surface area contributed by atoms with Gasteiger partial charge in [0.1, 0.15) is 5.69 Å². The molecule has 0 radical (unpaired) electrons. The second-order valence-corrected chi connectivity index (χ2v) is 7.92. The van der Waals surface area contributed by atoms with Crippen molar-refractivity contribution >= 4 is 46.4 Å². The molecule has 0 saturated heterocycles. The van der Waals surface area contributed by atoms with Gasteiger partial charge >= 0.3 is 0 Å². The van der Waals surface area contributed by atoms with Crippen molar-refractivity contribution in [2.24, 2.45) is 0 Å². The predicted molar refractivity (Wildman–Crippen MR) is 147 cm³/mol. The minimum Gasteiger partial charge on any atom is -0.355 e. The van der Waals surface area contributed by atoms with Crippen LogP contribution >= 0.6 is 0 Å². The summed E-state index contributed by atoms with van der Waals surface area (Å²) in [6, 6.07) is 18.1. The van der Waals surface area contributed by atoms with E-state index in [0.29, 0.717) is 16.8 Å². The third kappa shape index (κ3) is 4.85. The zero-order valence-electron chi connectivity index (χ0n) is 19.2. The third-order valence-electron chi connectivity index (χ3n) is 5.43. The van der Waals surface area contributed by atoms with Crippen LogP contribution in [0.4, 0.5) is 0 Å². The Morgan fingerprint density at radius 1 is 0.556 bits per heavy atom. The summed E-state index contributed by atoms with van der Waals surface area (Å²) in [7, 11) is 0. The molecule has 0 amide bonds. The van der Waals surface area contributed by atoms with Gasteiger partial charge in [0.25, 0.3) is 0 Å². The van der Waals surface area contributed by atoms with Crippen molar-refractivity contribution in [1.29, 1.82) is 0 Å². The largest absolute Gasteiger partial charge is 0.355 e. The molecule has 0 atom stereocenters. The van der Waals surface area contributed by atoms with Crippen molar-refractivity contribution in [3.8, 4) is 37.0 Å². The number of hydrogen-bond acceptors (Lipinski definition) is 3. The number of H-pyrrole nitrogens is 2. The number of nitrogens with one attached hydrogen (secondary N) is 2. The summed E-state index contributed by atoms with van der Waals surface area (Å²) in [6.07, 6.45) is 25.2. The van der Waals surface area contributed by atoms with Gasteiger partial charge in [0.05, 0.1) is 28.3 Å². The lowest BCUT2D eigenvalue weighted by Crippen LogP contribution is -1.92. The van der Waals surface area contributed by atoms with Gasteiger partial charge in [0.2, 0.25) is 0 Å². The molecular weight excluding hydrogens is 442 g/mol. The van der Waals surface area contributed by atoms with Crippen LogP contribution in [0.5, 0.6) is 0 Å². The molecule has 5 nitrogen and oxygen atoms in total. The fourth-order valence-corrected chi connectivity index (χ4v) is 3.78.